The topological polar surface area (TPSA) is 87.2 Å². The minimum atomic E-state index is 0.637. The lowest BCUT2D eigenvalue weighted by Gasteiger charge is -2.13. The molecule has 0 saturated heterocycles. The van der Waals surface area contributed by atoms with E-state index in [1.807, 2.05) is 36.7 Å². The second-order valence-electron chi connectivity index (χ2n) is 23.9. The minimum absolute atomic E-state index is 0.637. The highest BCUT2D eigenvalue weighted by atomic mass is 15.0. The van der Waals surface area contributed by atoms with Gasteiger partial charge in [-0.25, -0.2) is 19.9 Å². The summed E-state index contributed by atoms with van der Waals surface area (Å²) in [5, 5.41) is 7.13. The number of rotatable bonds is 11. The van der Waals surface area contributed by atoms with Crippen LogP contribution in [0.25, 0.3) is 178 Å². The third-order valence-electron chi connectivity index (χ3n) is 18.3. The van der Waals surface area contributed by atoms with E-state index in [2.05, 4.69) is 300 Å². The lowest BCUT2D eigenvalue weighted by Crippen LogP contribution is -1.97. The van der Waals surface area contributed by atoms with Gasteiger partial charge in [0, 0.05) is 101 Å². The molecule has 0 bridgehead atoms. The molecule has 18 rings (SSSR count). The van der Waals surface area contributed by atoms with Crippen LogP contribution in [0, 0.1) is 0 Å². The predicted octanol–water partition coefficient (Wildman–Crippen LogP) is 21.6. The van der Waals surface area contributed by atoms with Crippen LogP contribution in [-0.4, -0.2) is 39.0 Å². The van der Waals surface area contributed by atoms with Crippen LogP contribution in [0.4, 0.5) is 0 Å². The molecule has 6 heterocycles. The summed E-state index contributed by atoms with van der Waals surface area (Å²) in [6.45, 7) is 0. The lowest BCUT2D eigenvalue weighted by atomic mass is 10.0. The quantitative estimate of drug-likeness (QED) is 0.128. The number of hydrogen-bond acceptors (Lipinski definition) is 6. The molecule has 0 N–H and O–H groups in total. The van der Waals surface area contributed by atoms with Crippen molar-refractivity contribution in [1.82, 2.24) is 39.0 Å². The molecule has 0 fully saturated rings. The number of hydrogen-bond donors (Lipinski definition) is 0. The van der Waals surface area contributed by atoms with E-state index in [1.165, 1.54) is 43.6 Å². The Labute approximate surface area is 541 Å². The Morgan fingerprint density at radius 3 is 0.787 bits per heavy atom. The largest absolute Gasteiger partial charge is 0.309 e. The van der Waals surface area contributed by atoms with E-state index in [-0.39, 0.29) is 0 Å². The van der Waals surface area contributed by atoms with Crippen molar-refractivity contribution in [3.8, 4) is 113 Å². The van der Waals surface area contributed by atoms with Crippen LogP contribution < -0.4 is 0 Å². The monoisotopic (exact) mass is 1200 g/mol. The molecular formula is C86H54N8. The summed E-state index contributed by atoms with van der Waals surface area (Å²) in [7, 11) is 0. The molecule has 0 aliphatic heterocycles. The third kappa shape index (κ3) is 9.73. The molecule has 12 aromatic carbocycles. The lowest BCUT2D eigenvalue weighted by molar-refractivity contribution is 1.17. The Morgan fingerprint density at radius 1 is 0.202 bits per heavy atom. The number of pyridine rings is 2. The molecule has 0 unspecified atom stereocenters. The number of nitrogens with zero attached hydrogens (tertiary/aromatic N) is 8. The minimum Gasteiger partial charge on any atom is -0.309 e. The first-order chi connectivity index (χ1) is 46.5. The van der Waals surface area contributed by atoms with Crippen molar-refractivity contribution in [2.45, 2.75) is 0 Å². The van der Waals surface area contributed by atoms with Gasteiger partial charge in [-0.1, -0.05) is 231 Å². The Kier molecular flexibility index (Phi) is 13.0. The van der Waals surface area contributed by atoms with E-state index in [4.69, 9.17) is 29.9 Å². The molecule has 0 amide bonds. The van der Waals surface area contributed by atoms with Gasteiger partial charge in [-0.2, -0.15) is 0 Å². The van der Waals surface area contributed by atoms with Gasteiger partial charge in [0.15, 0.2) is 11.6 Å². The van der Waals surface area contributed by atoms with Crippen molar-refractivity contribution in [1.29, 1.82) is 0 Å². The van der Waals surface area contributed by atoms with E-state index in [9.17, 15) is 0 Å². The fourth-order valence-electron chi connectivity index (χ4n) is 13.5. The maximum absolute atomic E-state index is 5.31. The fraction of sp³-hybridized carbons (Fsp3) is 0. The molecule has 0 aliphatic carbocycles. The first-order valence-corrected chi connectivity index (χ1v) is 31.6. The van der Waals surface area contributed by atoms with E-state index in [0.29, 0.717) is 11.6 Å². The van der Waals surface area contributed by atoms with Gasteiger partial charge in [-0.15, -0.1) is 0 Å². The second-order valence-corrected chi connectivity index (χ2v) is 23.9. The van der Waals surface area contributed by atoms with E-state index in [0.717, 1.165) is 123 Å². The highest BCUT2D eigenvalue weighted by Gasteiger charge is 2.18. The normalized spacial score (nSPS) is 11.6. The van der Waals surface area contributed by atoms with Gasteiger partial charge in [-0.3, -0.25) is 9.97 Å². The van der Waals surface area contributed by atoms with Crippen LogP contribution in [0.2, 0.25) is 0 Å². The molecule has 6 aromatic heterocycles. The SMILES string of the molecule is c1ccc2ncc(-c3ccc(-c4cc(-c5ccc(-n6c7ccccc7c7ccccc76)cc5)nc(-c5ccc(-c6ccc(-c7nc(-c8ccc(-c9cnc%10ccccc%10c9)cc8)cc(-c8ccc(-n9c%10ccccc%10c%10ccccc%109)cc8)n7)cc6)cc5)n4)cc3)cc2c1. The van der Waals surface area contributed by atoms with Gasteiger partial charge >= 0.3 is 0 Å². The molecule has 0 saturated carbocycles. The molecule has 94 heavy (non-hydrogen) atoms. The van der Waals surface area contributed by atoms with Crippen LogP contribution in [0.5, 0.6) is 0 Å². The van der Waals surface area contributed by atoms with Crippen LogP contribution in [0.3, 0.4) is 0 Å². The van der Waals surface area contributed by atoms with E-state index in [1.54, 1.807) is 0 Å². The van der Waals surface area contributed by atoms with Gasteiger partial charge in [0.25, 0.3) is 0 Å². The van der Waals surface area contributed by atoms with Gasteiger partial charge in [0.2, 0.25) is 0 Å². The van der Waals surface area contributed by atoms with Crippen LogP contribution in [-0.2, 0) is 0 Å². The van der Waals surface area contributed by atoms with E-state index >= 15 is 0 Å². The van der Waals surface area contributed by atoms with Crippen LogP contribution in [0.15, 0.2) is 328 Å². The average Bonchev–Trinajstić information content (AvgIpc) is 1.59. The maximum Gasteiger partial charge on any atom is 0.160 e. The van der Waals surface area contributed by atoms with Gasteiger partial charge in [-0.05, 0) is 107 Å². The summed E-state index contributed by atoms with van der Waals surface area (Å²) in [6.07, 6.45) is 3.90. The molecule has 0 atom stereocenters. The van der Waals surface area contributed by atoms with Gasteiger partial charge < -0.3 is 9.13 Å². The number of para-hydroxylation sites is 6. The third-order valence-corrected chi connectivity index (χ3v) is 18.3. The maximum atomic E-state index is 5.31. The van der Waals surface area contributed by atoms with Crippen molar-refractivity contribution in [3.05, 3.63) is 328 Å². The summed E-state index contributed by atoms with van der Waals surface area (Å²) in [5.74, 6) is 1.27. The van der Waals surface area contributed by atoms with Crippen molar-refractivity contribution < 1.29 is 0 Å². The molecule has 0 aliphatic rings. The van der Waals surface area contributed by atoms with Gasteiger partial charge in [0.05, 0.1) is 55.9 Å². The van der Waals surface area contributed by atoms with Crippen LogP contribution >= 0.6 is 0 Å². The second kappa shape index (κ2) is 22.6. The molecule has 0 spiro atoms. The molecule has 8 nitrogen and oxygen atoms in total. The van der Waals surface area contributed by atoms with Crippen molar-refractivity contribution >= 4 is 65.4 Å². The average molecular weight is 1200 g/mol. The molecule has 8 heteroatoms. The summed E-state index contributed by atoms with van der Waals surface area (Å²) in [6, 6.07) is 111. The van der Waals surface area contributed by atoms with Crippen molar-refractivity contribution in [2.24, 2.45) is 0 Å². The van der Waals surface area contributed by atoms with Crippen LogP contribution in [0.1, 0.15) is 0 Å². The first-order valence-electron chi connectivity index (χ1n) is 31.6. The Balaban J connectivity index is 0.677. The highest BCUT2D eigenvalue weighted by Crippen LogP contribution is 2.38. The molecule has 0 radical (unpaired) electrons. The highest BCUT2D eigenvalue weighted by molar-refractivity contribution is 6.10. The predicted molar refractivity (Wildman–Crippen MR) is 386 cm³/mol. The van der Waals surface area contributed by atoms with E-state index < -0.39 is 0 Å². The fourth-order valence-corrected chi connectivity index (χ4v) is 13.5. The number of benzene rings is 12. The van der Waals surface area contributed by atoms with Crippen molar-refractivity contribution in [3.63, 3.8) is 0 Å². The summed E-state index contributed by atoms with van der Waals surface area (Å²) >= 11 is 0. The first kappa shape index (κ1) is 54.2. The molecule has 18 aromatic rings. The zero-order chi connectivity index (χ0) is 62.1. The Morgan fingerprint density at radius 2 is 0.457 bits per heavy atom. The number of fused-ring (bicyclic) bond motifs is 8. The summed E-state index contributed by atoms with van der Waals surface area (Å²) in [5.41, 5.74) is 24.3. The van der Waals surface area contributed by atoms with Crippen molar-refractivity contribution in [2.75, 3.05) is 0 Å². The summed E-state index contributed by atoms with van der Waals surface area (Å²) in [4.78, 5) is 30.7. The molecule has 438 valence electrons. The van der Waals surface area contributed by atoms with Gasteiger partial charge in [0.1, 0.15) is 0 Å². The zero-order valence-electron chi connectivity index (χ0n) is 50.8. The number of aromatic nitrogens is 8. The summed E-state index contributed by atoms with van der Waals surface area (Å²) < 4.78 is 4.69. The molecular weight excluding hydrogens is 1150 g/mol. The standard InChI is InChI=1S/C86H54N8/c1-7-19-75-65(13-1)49-67(53-87-75)57-25-33-59(34-26-57)77-51-79(61-41-45-69(46-42-61)93-81-21-9-3-15-71(81)72-16-4-10-22-82(72)93)91-85(89-77)63-37-29-55(30-38-63)56-31-39-64(40-32-56)86-90-78(60-35-27-58(28-36-60)68-50-66-14-2-8-20-76(66)88-54-68)52-80(92-86)62-43-47-70(48-44-62)94-83-23-11-5-17-73(83)74-18-6-12-24-84(74)94/h1-54H. The smallest absolute Gasteiger partial charge is 0.160 e. The Bertz CT molecular complexity index is 5460. The Hall–Kier alpha value is -12.8. The zero-order valence-corrected chi connectivity index (χ0v) is 50.8.